The summed E-state index contributed by atoms with van der Waals surface area (Å²) in [5.41, 5.74) is 0.406. The van der Waals surface area contributed by atoms with Crippen molar-refractivity contribution in [2.75, 3.05) is 19.6 Å². The van der Waals surface area contributed by atoms with E-state index in [0.717, 1.165) is 31.9 Å². The van der Waals surface area contributed by atoms with Gasteiger partial charge in [0.25, 0.3) is 0 Å². The molecule has 1 N–H and O–H groups in total. The van der Waals surface area contributed by atoms with Gasteiger partial charge in [-0.2, -0.15) is 0 Å². The van der Waals surface area contributed by atoms with E-state index in [1.54, 1.807) is 6.26 Å². The fourth-order valence-electron chi connectivity index (χ4n) is 3.42. The molecule has 1 aromatic rings. The molecule has 1 spiro atoms. The maximum atomic E-state index is 5.51. The highest BCUT2D eigenvalue weighted by molar-refractivity contribution is 5.03. The molecule has 3 rings (SSSR count). The molecule has 1 aliphatic heterocycles. The number of piperazine rings is 1. The van der Waals surface area contributed by atoms with Crippen LogP contribution in [-0.2, 0) is 6.54 Å². The minimum absolute atomic E-state index is 0.406. The molecule has 94 valence electrons. The van der Waals surface area contributed by atoms with Crippen LogP contribution < -0.4 is 5.32 Å². The Labute approximate surface area is 103 Å². The van der Waals surface area contributed by atoms with Gasteiger partial charge in [0.1, 0.15) is 5.76 Å². The van der Waals surface area contributed by atoms with Crippen molar-refractivity contribution >= 4 is 0 Å². The van der Waals surface area contributed by atoms with E-state index in [-0.39, 0.29) is 0 Å². The van der Waals surface area contributed by atoms with Gasteiger partial charge in [-0.15, -0.1) is 0 Å². The Bertz CT molecular complexity index is 333. The van der Waals surface area contributed by atoms with Crippen molar-refractivity contribution in [3.63, 3.8) is 0 Å². The first-order chi connectivity index (χ1) is 8.39. The first kappa shape index (κ1) is 11.3. The van der Waals surface area contributed by atoms with E-state index in [0.29, 0.717) is 5.54 Å². The molecule has 1 aromatic heterocycles. The molecule has 1 saturated heterocycles. The normalized spacial score (nSPS) is 25.2. The van der Waals surface area contributed by atoms with E-state index in [1.165, 1.54) is 32.1 Å². The van der Waals surface area contributed by atoms with Gasteiger partial charge in [0, 0.05) is 25.2 Å². The number of hydrogen-bond donors (Lipinski definition) is 1. The maximum absolute atomic E-state index is 5.51. The van der Waals surface area contributed by atoms with Gasteiger partial charge in [-0.3, -0.25) is 4.90 Å². The van der Waals surface area contributed by atoms with Crippen molar-refractivity contribution in [1.82, 2.24) is 10.2 Å². The van der Waals surface area contributed by atoms with E-state index >= 15 is 0 Å². The number of nitrogens with one attached hydrogen (secondary N) is 1. The molecule has 0 amide bonds. The van der Waals surface area contributed by atoms with Crippen LogP contribution in [0.15, 0.2) is 22.8 Å². The Hall–Kier alpha value is -0.800. The molecule has 0 unspecified atom stereocenters. The van der Waals surface area contributed by atoms with E-state index in [2.05, 4.69) is 16.3 Å². The summed E-state index contributed by atoms with van der Waals surface area (Å²) < 4.78 is 5.51. The summed E-state index contributed by atoms with van der Waals surface area (Å²) in [5, 5.41) is 3.58. The Kier molecular flexibility index (Phi) is 3.21. The quantitative estimate of drug-likeness (QED) is 0.851. The van der Waals surface area contributed by atoms with E-state index in [9.17, 15) is 0 Å². The highest BCUT2D eigenvalue weighted by Crippen LogP contribution is 2.35. The first-order valence-electron chi connectivity index (χ1n) is 6.87. The van der Waals surface area contributed by atoms with E-state index in [4.69, 9.17) is 4.42 Å². The van der Waals surface area contributed by atoms with Crippen molar-refractivity contribution in [1.29, 1.82) is 0 Å². The minimum atomic E-state index is 0.406. The molecular weight excluding hydrogens is 212 g/mol. The summed E-state index contributed by atoms with van der Waals surface area (Å²) in [7, 11) is 0. The molecule has 0 aromatic carbocycles. The number of rotatable bonds is 2. The summed E-state index contributed by atoms with van der Waals surface area (Å²) in [6.07, 6.45) is 8.66. The van der Waals surface area contributed by atoms with Crippen LogP contribution in [0.5, 0.6) is 0 Å². The standard InChI is InChI=1S/C14H22N2O/c1-2-6-14(7-3-1)12-15-8-9-16(14)11-13-5-4-10-17-13/h4-5,10,15H,1-3,6-9,11-12H2. The fraction of sp³-hybridized carbons (Fsp3) is 0.714. The summed E-state index contributed by atoms with van der Waals surface area (Å²) in [4.78, 5) is 2.65. The van der Waals surface area contributed by atoms with Gasteiger partial charge >= 0.3 is 0 Å². The Balaban J connectivity index is 1.75. The molecule has 3 heteroatoms. The van der Waals surface area contributed by atoms with Crippen LogP contribution in [0.2, 0.25) is 0 Å². The lowest BCUT2D eigenvalue weighted by atomic mass is 9.79. The van der Waals surface area contributed by atoms with Gasteiger partial charge in [0.05, 0.1) is 12.8 Å². The summed E-state index contributed by atoms with van der Waals surface area (Å²) >= 11 is 0. The lowest BCUT2D eigenvalue weighted by Crippen LogP contribution is -2.61. The fourth-order valence-corrected chi connectivity index (χ4v) is 3.42. The van der Waals surface area contributed by atoms with Crippen LogP contribution in [0, 0.1) is 0 Å². The van der Waals surface area contributed by atoms with Gasteiger partial charge < -0.3 is 9.73 Å². The average molecular weight is 234 g/mol. The van der Waals surface area contributed by atoms with Crippen molar-refractivity contribution in [3.05, 3.63) is 24.2 Å². The second kappa shape index (κ2) is 4.83. The second-order valence-electron chi connectivity index (χ2n) is 5.46. The predicted molar refractivity (Wildman–Crippen MR) is 67.8 cm³/mol. The lowest BCUT2D eigenvalue weighted by Gasteiger charge is -2.49. The van der Waals surface area contributed by atoms with Crippen molar-refractivity contribution < 1.29 is 4.42 Å². The Morgan fingerprint density at radius 2 is 2.18 bits per heavy atom. The zero-order valence-electron chi connectivity index (χ0n) is 10.5. The van der Waals surface area contributed by atoms with Crippen LogP contribution in [0.3, 0.4) is 0 Å². The van der Waals surface area contributed by atoms with Crippen LogP contribution in [-0.4, -0.2) is 30.1 Å². The minimum Gasteiger partial charge on any atom is -0.468 e. The third-order valence-electron chi connectivity index (χ3n) is 4.39. The molecular formula is C14H22N2O. The number of hydrogen-bond acceptors (Lipinski definition) is 3. The van der Waals surface area contributed by atoms with Crippen LogP contribution in [0.1, 0.15) is 37.9 Å². The zero-order valence-corrected chi connectivity index (χ0v) is 10.5. The molecule has 2 aliphatic rings. The first-order valence-corrected chi connectivity index (χ1v) is 6.87. The Morgan fingerprint density at radius 1 is 1.29 bits per heavy atom. The third-order valence-corrected chi connectivity index (χ3v) is 4.39. The monoisotopic (exact) mass is 234 g/mol. The number of furan rings is 1. The van der Waals surface area contributed by atoms with Crippen molar-refractivity contribution in [3.8, 4) is 0 Å². The highest BCUT2D eigenvalue weighted by Gasteiger charge is 2.39. The molecule has 3 nitrogen and oxygen atoms in total. The molecule has 1 aliphatic carbocycles. The molecule has 0 radical (unpaired) electrons. The topological polar surface area (TPSA) is 28.4 Å². The summed E-state index contributed by atoms with van der Waals surface area (Å²) in [6, 6.07) is 4.09. The SMILES string of the molecule is c1coc(CN2CCNCC23CCCCC3)c1. The van der Waals surface area contributed by atoms with E-state index < -0.39 is 0 Å². The van der Waals surface area contributed by atoms with Crippen LogP contribution in [0.4, 0.5) is 0 Å². The average Bonchev–Trinajstić information content (AvgIpc) is 2.86. The summed E-state index contributed by atoms with van der Waals surface area (Å²) in [5.74, 6) is 1.11. The van der Waals surface area contributed by atoms with Gasteiger partial charge in [0.15, 0.2) is 0 Å². The molecule has 1 saturated carbocycles. The van der Waals surface area contributed by atoms with Gasteiger partial charge in [0.2, 0.25) is 0 Å². The molecule has 0 bridgehead atoms. The molecule has 17 heavy (non-hydrogen) atoms. The van der Waals surface area contributed by atoms with E-state index in [1.807, 2.05) is 6.07 Å². The zero-order chi connectivity index (χ0) is 11.6. The van der Waals surface area contributed by atoms with Crippen molar-refractivity contribution in [2.24, 2.45) is 0 Å². The second-order valence-corrected chi connectivity index (χ2v) is 5.46. The van der Waals surface area contributed by atoms with Gasteiger partial charge in [-0.25, -0.2) is 0 Å². The molecule has 2 heterocycles. The maximum Gasteiger partial charge on any atom is 0.117 e. The molecule has 0 atom stereocenters. The largest absolute Gasteiger partial charge is 0.468 e. The smallest absolute Gasteiger partial charge is 0.117 e. The van der Waals surface area contributed by atoms with Gasteiger partial charge in [-0.05, 0) is 25.0 Å². The third kappa shape index (κ3) is 2.26. The Morgan fingerprint density at radius 3 is 2.94 bits per heavy atom. The highest BCUT2D eigenvalue weighted by atomic mass is 16.3. The lowest BCUT2D eigenvalue weighted by molar-refractivity contribution is 0.0161. The van der Waals surface area contributed by atoms with Gasteiger partial charge in [-0.1, -0.05) is 19.3 Å². The van der Waals surface area contributed by atoms with Crippen LogP contribution >= 0.6 is 0 Å². The number of nitrogens with zero attached hydrogens (tertiary/aromatic N) is 1. The predicted octanol–water partition coefficient (Wildman–Crippen LogP) is 2.39. The van der Waals surface area contributed by atoms with Crippen LogP contribution in [0.25, 0.3) is 0 Å². The van der Waals surface area contributed by atoms with Crippen molar-refractivity contribution in [2.45, 2.75) is 44.2 Å². The molecule has 2 fully saturated rings. The summed E-state index contributed by atoms with van der Waals surface area (Å²) in [6.45, 7) is 4.41.